The van der Waals surface area contributed by atoms with Gasteiger partial charge in [-0.3, -0.25) is 4.79 Å². The molecule has 5 heteroatoms. The Morgan fingerprint density at radius 1 is 1.00 bits per heavy atom. The molecule has 0 saturated carbocycles. The highest BCUT2D eigenvalue weighted by Gasteiger charge is 2.15. The average molecular weight is 375 g/mol. The summed E-state index contributed by atoms with van der Waals surface area (Å²) in [5.41, 5.74) is 4.58. The lowest BCUT2D eigenvalue weighted by Gasteiger charge is -2.08. The Labute approximate surface area is 160 Å². The van der Waals surface area contributed by atoms with Crippen LogP contribution < -0.4 is 10.9 Å². The van der Waals surface area contributed by atoms with E-state index in [1.165, 1.54) is 23.0 Å². The van der Waals surface area contributed by atoms with Gasteiger partial charge in [-0.25, -0.2) is 4.79 Å². The third kappa shape index (κ3) is 3.41. The minimum Gasteiger partial charge on any atom is -0.423 e. The van der Waals surface area contributed by atoms with Crippen molar-refractivity contribution in [1.82, 2.24) is 0 Å². The van der Waals surface area contributed by atoms with E-state index in [0.29, 0.717) is 16.1 Å². The number of fused-ring (bicyclic) bond motifs is 1. The lowest BCUT2D eigenvalue weighted by molar-refractivity contribution is 0.103. The van der Waals surface area contributed by atoms with Gasteiger partial charge in [0, 0.05) is 28.8 Å². The van der Waals surface area contributed by atoms with Crippen LogP contribution in [0.2, 0.25) is 0 Å². The number of nitrogens with one attached hydrogen (secondary N) is 1. The smallest absolute Gasteiger partial charge is 0.336 e. The second-order valence-electron chi connectivity index (χ2n) is 6.44. The molecule has 0 aliphatic heterocycles. The van der Waals surface area contributed by atoms with E-state index in [-0.39, 0.29) is 5.91 Å². The van der Waals surface area contributed by atoms with Crippen LogP contribution in [-0.4, -0.2) is 5.91 Å². The Bertz CT molecular complexity index is 1200. The molecule has 0 bridgehead atoms. The number of hydrogen-bond donors (Lipinski definition) is 1. The van der Waals surface area contributed by atoms with Crippen molar-refractivity contribution in [1.29, 1.82) is 0 Å². The first kappa shape index (κ1) is 17.2. The molecule has 2 aromatic carbocycles. The zero-order valence-corrected chi connectivity index (χ0v) is 15.7. The molecule has 1 N–H and O–H groups in total. The highest BCUT2D eigenvalue weighted by molar-refractivity contribution is 7.12. The van der Waals surface area contributed by atoms with Crippen LogP contribution in [-0.2, 0) is 0 Å². The van der Waals surface area contributed by atoms with Crippen LogP contribution in [0.15, 0.2) is 69.2 Å². The maximum atomic E-state index is 12.8. The van der Waals surface area contributed by atoms with Gasteiger partial charge >= 0.3 is 5.63 Å². The first-order chi connectivity index (χ1) is 13.0. The van der Waals surface area contributed by atoms with Gasteiger partial charge < -0.3 is 9.73 Å². The fourth-order valence-corrected chi connectivity index (χ4v) is 3.85. The highest BCUT2D eigenvalue weighted by atomic mass is 32.1. The molecule has 0 aliphatic rings. The van der Waals surface area contributed by atoms with Gasteiger partial charge in [-0.05, 0) is 48.6 Å². The Kier molecular flexibility index (Phi) is 4.38. The molecule has 0 atom stereocenters. The first-order valence-electron chi connectivity index (χ1n) is 8.52. The molecule has 2 heterocycles. The molecule has 0 aliphatic carbocycles. The summed E-state index contributed by atoms with van der Waals surface area (Å²) in [4.78, 5) is 25.1. The third-order valence-electron chi connectivity index (χ3n) is 4.44. The first-order valence-corrected chi connectivity index (χ1v) is 9.39. The van der Waals surface area contributed by atoms with E-state index in [9.17, 15) is 9.59 Å². The topological polar surface area (TPSA) is 59.3 Å². The largest absolute Gasteiger partial charge is 0.423 e. The normalized spacial score (nSPS) is 10.9. The van der Waals surface area contributed by atoms with E-state index in [2.05, 4.69) is 5.32 Å². The molecule has 4 nitrogen and oxygen atoms in total. The summed E-state index contributed by atoms with van der Waals surface area (Å²) in [5, 5.41) is 5.67. The number of benzene rings is 2. The van der Waals surface area contributed by atoms with Crippen molar-refractivity contribution in [3.63, 3.8) is 0 Å². The van der Waals surface area contributed by atoms with Gasteiger partial charge in [-0.2, -0.15) is 0 Å². The molecule has 2 aromatic heterocycles. The van der Waals surface area contributed by atoms with Gasteiger partial charge in [0.1, 0.15) is 5.58 Å². The molecule has 4 aromatic rings. The zero-order valence-electron chi connectivity index (χ0n) is 14.9. The number of carbonyl (C=O) groups excluding carboxylic acids is 1. The fraction of sp³-hybridized carbons (Fsp3) is 0.0909. The molecule has 0 spiro atoms. The van der Waals surface area contributed by atoms with Crippen molar-refractivity contribution in [2.75, 3.05) is 5.32 Å². The summed E-state index contributed by atoms with van der Waals surface area (Å²) in [6, 6.07) is 16.8. The van der Waals surface area contributed by atoms with Gasteiger partial charge in [0.05, 0.1) is 4.88 Å². The maximum Gasteiger partial charge on any atom is 0.336 e. The number of carbonyl (C=O) groups is 1. The predicted octanol–water partition coefficient (Wildman–Crippen LogP) is 5.39. The Morgan fingerprint density at radius 3 is 2.56 bits per heavy atom. The highest BCUT2D eigenvalue weighted by Crippen LogP contribution is 2.30. The summed E-state index contributed by atoms with van der Waals surface area (Å²) in [7, 11) is 0. The van der Waals surface area contributed by atoms with Gasteiger partial charge in [-0.15, -0.1) is 11.3 Å². The van der Waals surface area contributed by atoms with Crippen LogP contribution >= 0.6 is 11.3 Å². The van der Waals surface area contributed by atoms with E-state index in [1.807, 2.05) is 61.7 Å². The summed E-state index contributed by atoms with van der Waals surface area (Å²) in [6.07, 6.45) is 0. The monoisotopic (exact) mass is 375 g/mol. The number of amides is 1. The fourth-order valence-electron chi connectivity index (χ4n) is 3.04. The van der Waals surface area contributed by atoms with Crippen molar-refractivity contribution in [3.05, 3.63) is 86.4 Å². The van der Waals surface area contributed by atoms with Crippen LogP contribution in [0.25, 0.3) is 22.1 Å². The molecule has 0 unspecified atom stereocenters. The molecule has 1 amide bonds. The predicted molar refractivity (Wildman–Crippen MR) is 110 cm³/mol. The lowest BCUT2D eigenvalue weighted by atomic mass is 10.0. The van der Waals surface area contributed by atoms with E-state index < -0.39 is 5.63 Å². The quantitative estimate of drug-likeness (QED) is 0.488. The van der Waals surface area contributed by atoms with Gasteiger partial charge in [-0.1, -0.05) is 29.8 Å². The molecule has 27 heavy (non-hydrogen) atoms. The average Bonchev–Trinajstić information content (AvgIpc) is 3.11. The van der Waals surface area contributed by atoms with Crippen molar-refractivity contribution in [2.45, 2.75) is 13.8 Å². The van der Waals surface area contributed by atoms with Crippen LogP contribution in [0.3, 0.4) is 0 Å². The summed E-state index contributed by atoms with van der Waals surface area (Å²) < 4.78 is 5.26. The number of aryl methyl sites for hydroxylation is 2. The SMILES string of the molecule is Cc1ccc(-c2ccsc2C(=O)Nc2ccc3c(C)cc(=O)oc3c2)cc1. The molecule has 134 valence electrons. The Morgan fingerprint density at radius 2 is 1.78 bits per heavy atom. The van der Waals surface area contributed by atoms with E-state index >= 15 is 0 Å². The van der Waals surface area contributed by atoms with Crippen molar-refractivity contribution in [3.8, 4) is 11.1 Å². The van der Waals surface area contributed by atoms with Gasteiger partial charge in [0.25, 0.3) is 5.91 Å². The molecular weight excluding hydrogens is 358 g/mol. The minimum atomic E-state index is -0.400. The third-order valence-corrected chi connectivity index (χ3v) is 5.36. The van der Waals surface area contributed by atoms with Crippen LogP contribution in [0.1, 0.15) is 20.8 Å². The maximum absolute atomic E-state index is 12.8. The van der Waals surface area contributed by atoms with Gasteiger partial charge in [0.2, 0.25) is 0 Å². The lowest BCUT2D eigenvalue weighted by Crippen LogP contribution is -2.11. The van der Waals surface area contributed by atoms with Crippen molar-refractivity contribution >= 4 is 33.9 Å². The minimum absolute atomic E-state index is 0.185. The Balaban J connectivity index is 1.65. The molecule has 0 fully saturated rings. The molecule has 0 saturated heterocycles. The number of thiophene rings is 1. The number of anilines is 1. The van der Waals surface area contributed by atoms with E-state index in [4.69, 9.17) is 4.42 Å². The van der Waals surface area contributed by atoms with Crippen LogP contribution in [0.5, 0.6) is 0 Å². The van der Waals surface area contributed by atoms with Gasteiger partial charge in [0.15, 0.2) is 0 Å². The summed E-state index contributed by atoms with van der Waals surface area (Å²) >= 11 is 1.40. The molecular formula is C22H17NO3S. The van der Waals surface area contributed by atoms with Crippen LogP contribution in [0, 0.1) is 13.8 Å². The molecule has 0 radical (unpaired) electrons. The van der Waals surface area contributed by atoms with E-state index in [1.54, 1.807) is 6.07 Å². The molecule has 4 rings (SSSR count). The number of rotatable bonds is 3. The second kappa shape index (κ2) is 6.85. The van der Waals surface area contributed by atoms with Crippen molar-refractivity contribution in [2.24, 2.45) is 0 Å². The standard InChI is InChI=1S/C22H17NO3S/c1-13-3-5-15(6-4-13)18-9-10-27-21(18)22(25)23-16-7-8-17-14(2)11-20(24)26-19(17)12-16/h3-12H,1-2H3,(H,23,25). The Hall–Kier alpha value is -3.18. The number of hydrogen-bond acceptors (Lipinski definition) is 4. The van der Waals surface area contributed by atoms with E-state index in [0.717, 1.165) is 22.1 Å². The van der Waals surface area contributed by atoms with Crippen LogP contribution in [0.4, 0.5) is 5.69 Å². The zero-order chi connectivity index (χ0) is 19.0. The van der Waals surface area contributed by atoms with Crippen molar-refractivity contribution < 1.29 is 9.21 Å². The second-order valence-corrected chi connectivity index (χ2v) is 7.36. The summed E-state index contributed by atoms with van der Waals surface area (Å²) in [6.45, 7) is 3.89. The summed E-state index contributed by atoms with van der Waals surface area (Å²) in [5.74, 6) is -0.185.